The Morgan fingerprint density at radius 1 is 0.703 bits per heavy atom. The zero-order chi connectivity index (χ0) is 24.6. The maximum Gasteiger partial charge on any atom is 0.228 e. The highest BCUT2D eigenvalue weighted by atomic mass is 35.5. The van der Waals surface area contributed by atoms with Gasteiger partial charge >= 0.3 is 0 Å². The van der Waals surface area contributed by atoms with E-state index >= 15 is 0 Å². The third-order valence-corrected chi connectivity index (χ3v) is 8.73. The fourth-order valence-electron chi connectivity index (χ4n) is 6.68. The monoisotopic (exact) mass is 558 g/mol. The summed E-state index contributed by atoms with van der Waals surface area (Å²) in [6, 6.07) is 0.851. The van der Waals surface area contributed by atoms with Crippen molar-refractivity contribution in [1.29, 1.82) is 0 Å². The van der Waals surface area contributed by atoms with Crippen molar-refractivity contribution in [3.63, 3.8) is 0 Å². The molecule has 0 aromatic heterocycles. The molecule has 2 heterocycles. The zero-order valence-corrected chi connectivity index (χ0v) is 24.6. The molecule has 4 rings (SSSR count). The second-order valence-corrected chi connectivity index (χ2v) is 11.0. The number of ether oxygens (including phenoxy) is 2. The molecular weight excluding hydrogens is 511 g/mol. The fraction of sp³-hybridized carbons (Fsp3) is 0.793. The Morgan fingerprint density at radius 3 is 1.76 bits per heavy atom. The summed E-state index contributed by atoms with van der Waals surface area (Å²) in [7, 11) is 2.85. The molecule has 2 saturated heterocycles. The predicted octanol–water partition coefficient (Wildman–Crippen LogP) is 5.87. The van der Waals surface area contributed by atoms with Crippen LogP contribution < -0.4 is 0 Å². The second kappa shape index (κ2) is 16.1. The van der Waals surface area contributed by atoms with Crippen molar-refractivity contribution in [3.8, 4) is 0 Å². The number of nitrogens with zero attached hydrogens (tertiary/aromatic N) is 2. The number of allylic oxidation sites excluding steroid dienone is 2. The first-order valence-electron chi connectivity index (χ1n) is 14.2. The van der Waals surface area contributed by atoms with Crippen LogP contribution in [0, 0.1) is 5.92 Å². The molecule has 0 saturated carbocycles. The second-order valence-electron chi connectivity index (χ2n) is 11.0. The highest BCUT2D eigenvalue weighted by Crippen LogP contribution is 2.41. The SMILES string of the molecule is COC1=C(OC)C(=O)C2=C(CC(CCCCCCCCN3CCC(N4CCCCC4)CC3)C2)C1=O.Cl.Cl. The van der Waals surface area contributed by atoms with E-state index in [4.69, 9.17) is 9.47 Å². The van der Waals surface area contributed by atoms with Gasteiger partial charge in [-0.25, -0.2) is 0 Å². The predicted molar refractivity (Wildman–Crippen MR) is 153 cm³/mol. The number of rotatable bonds is 12. The molecular formula is C29H48Cl2N2O4. The van der Waals surface area contributed by atoms with E-state index in [1.54, 1.807) is 0 Å². The van der Waals surface area contributed by atoms with Crippen LogP contribution in [0.3, 0.4) is 0 Å². The molecule has 0 N–H and O–H groups in total. The molecule has 4 aliphatic rings. The Labute approximate surface area is 236 Å². The van der Waals surface area contributed by atoms with Crippen molar-refractivity contribution in [2.45, 2.75) is 95.9 Å². The third-order valence-electron chi connectivity index (χ3n) is 8.73. The van der Waals surface area contributed by atoms with Gasteiger partial charge in [0.25, 0.3) is 0 Å². The summed E-state index contributed by atoms with van der Waals surface area (Å²) >= 11 is 0. The molecule has 0 bridgehead atoms. The van der Waals surface area contributed by atoms with Gasteiger partial charge in [-0.2, -0.15) is 0 Å². The van der Waals surface area contributed by atoms with E-state index in [0.717, 1.165) is 12.5 Å². The minimum atomic E-state index is -0.155. The number of unbranched alkanes of at least 4 members (excludes halogenated alkanes) is 5. The van der Waals surface area contributed by atoms with Gasteiger partial charge in [-0.1, -0.05) is 38.5 Å². The molecule has 0 aromatic carbocycles. The number of hydrogen-bond donors (Lipinski definition) is 0. The summed E-state index contributed by atoms with van der Waals surface area (Å²) in [6.07, 6.45) is 17.2. The Balaban J connectivity index is 0.00000241. The van der Waals surface area contributed by atoms with E-state index in [2.05, 4.69) is 9.80 Å². The van der Waals surface area contributed by atoms with Gasteiger partial charge in [-0.15, -0.1) is 24.8 Å². The lowest BCUT2D eigenvalue weighted by atomic mass is 9.94. The van der Waals surface area contributed by atoms with E-state index < -0.39 is 0 Å². The molecule has 0 unspecified atom stereocenters. The van der Waals surface area contributed by atoms with Crippen LogP contribution >= 0.6 is 24.8 Å². The van der Waals surface area contributed by atoms with Crippen LogP contribution in [0.4, 0.5) is 0 Å². The first kappa shape index (κ1) is 32.1. The van der Waals surface area contributed by atoms with E-state index in [0.29, 0.717) is 29.9 Å². The van der Waals surface area contributed by atoms with Crippen molar-refractivity contribution in [3.05, 3.63) is 22.7 Å². The van der Waals surface area contributed by atoms with Crippen molar-refractivity contribution >= 4 is 36.4 Å². The number of Topliss-reactive ketones (excluding diaryl/α,β-unsaturated/α-hetero) is 2. The average Bonchev–Trinajstić information content (AvgIpc) is 3.33. The topological polar surface area (TPSA) is 59.1 Å². The van der Waals surface area contributed by atoms with Gasteiger partial charge in [0.2, 0.25) is 23.1 Å². The number of methoxy groups -OCH3 is 2. The minimum Gasteiger partial charge on any atom is -0.489 e. The molecule has 0 spiro atoms. The number of piperidine rings is 2. The largest absolute Gasteiger partial charge is 0.489 e. The van der Waals surface area contributed by atoms with Gasteiger partial charge in [-0.05, 0) is 90.0 Å². The van der Waals surface area contributed by atoms with Gasteiger partial charge in [0.1, 0.15) is 0 Å². The Hall–Kier alpha value is -1.08. The van der Waals surface area contributed by atoms with Crippen LogP contribution in [-0.4, -0.2) is 74.4 Å². The summed E-state index contributed by atoms with van der Waals surface area (Å²) in [5.74, 6) is 0.232. The number of likely N-dealkylation sites (tertiary alicyclic amines) is 2. The van der Waals surface area contributed by atoms with Gasteiger partial charge in [0.05, 0.1) is 14.2 Å². The number of ketones is 2. The van der Waals surface area contributed by atoms with Crippen molar-refractivity contribution in [1.82, 2.24) is 9.80 Å². The molecule has 0 aromatic rings. The summed E-state index contributed by atoms with van der Waals surface area (Å²) in [5, 5.41) is 0. The first-order valence-corrected chi connectivity index (χ1v) is 14.2. The van der Waals surface area contributed by atoms with E-state index in [9.17, 15) is 9.59 Å². The Kier molecular flexibility index (Phi) is 14.0. The molecule has 6 nitrogen and oxygen atoms in total. The van der Waals surface area contributed by atoms with Crippen LogP contribution in [0.2, 0.25) is 0 Å². The molecule has 8 heteroatoms. The van der Waals surface area contributed by atoms with E-state index in [1.165, 1.54) is 118 Å². The molecule has 2 fully saturated rings. The van der Waals surface area contributed by atoms with Gasteiger partial charge in [0, 0.05) is 17.2 Å². The van der Waals surface area contributed by atoms with Crippen LogP contribution in [0.25, 0.3) is 0 Å². The summed E-state index contributed by atoms with van der Waals surface area (Å²) in [5.41, 5.74) is 1.33. The van der Waals surface area contributed by atoms with Crippen LogP contribution in [-0.2, 0) is 19.1 Å². The highest BCUT2D eigenvalue weighted by molar-refractivity contribution is 6.24. The molecule has 0 radical (unpaired) electrons. The Morgan fingerprint density at radius 2 is 1.22 bits per heavy atom. The van der Waals surface area contributed by atoms with Crippen molar-refractivity contribution < 1.29 is 19.1 Å². The van der Waals surface area contributed by atoms with Gasteiger partial charge in [-0.3, -0.25) is 9.59 Å². The molecule has 2 aliphatic heterocycles. The zero-order valence-electron chi connectivity index (χ0n) is 22.9. The smallest absolute Gasteiger partial charge is 0.228 e. The van der Waals surface area contributed by atoms with Crippen molar-refractivity contribution in [2.75, 3.05) is 46.9 Å². The number of halogens is 2. The minimum absolute atomic E-state index is 0. The molecule has 2 aliphatic carbocycles. The quantitative estimate of drug-likeness (QED) is 0.220. The summed E-state index contributed by atoms with van der Waals surface area (Å²) in [4.78, 5) is 30.9. The standard InChI is InChI=1S/C29H46N2O4.2ClH/c1-34-28-26(32)24-20-22(21-25(24)27(33)29(28)35-2)12-8-5-3-4-6-9-15-30-18-13-23(14-19-30)31-16-10-7-11-17-31;;/h22-23H,3-21H2,1-2H3;2*1H. The highest BCUT2D eigenvalue weighted by Gasteiger charge is 2.41. The maximum atomic E-state index is 12.7. The fourth-order valence-corrected chi connectivity index (χ4v) is 6.68. The maximum absolute atomic E-state index is 12.7. The lowest BCUT2D eigenvalue weighted by Gasteiger charge is -2.40. The normalized spacial score (nSPS) is 22.1. The van der Waals surface area contributed by atoms with Gasteiger partial charge < -0.3 is 19.3 Å². The van der Waals surface area contributed by atoms with E-state index in [1.807, 2.05) is 0 Å². The number of carbonyl (C=O) groups excluding carboxylic acids is 2. The first-order chi connectivity index (χ1) is 17.1. The third kappa shape index (κ3) is 8.20. The lowest BCUT2D eigenvalue weighted by Crippen LogP contribution is -2.46. The number of hydrogen-bond acceptors (Lipinski definition) is 6. The molecule has 0 atom stereocenters. The molecule has 212 valence electrons. The average molecular weight is 560 g/mol. The Bertz CT molecular complexity index is 777. The number of carbonyl (C=O) groups is 2. The van der Waals surface area contributed by atoms with Crippen molar-refractivity contribution in [2.24, 2.45) is 5.92 Å². The summed E-state index contributed by atoms with van der Waals surface area (Å²) in [6.45, 7) is 6.52. The molecule has 0 amide bonds. The van der Waals surface area contributed by atoms with E-state index in [-0.39, 0.29) is 47.9 Å². The van der Waals surface area contributed by atoms with Gasteiger partial charge in [0.15, 0.2) is 0 Å². The summed E-state index contributed by atoms with van der Waals surface area (Å²) < 4.78 is 10.4. The van der Waals surface area contributed by atoms with Crippen LogP contribution in [0.15, 0.2) is 22.7 Å². The molecule has 37 heavy (non-hydrogen) atoms. The lowest BCUT2D eigenvalue weighted by molar-refractivity contribution is -0.121. The van der Waals surface area contributed by atoms with Crippen LogP contribution in [0.5, 0.6) is 0 Å². The van der Waals surface area contributed by atoms with Crippen LogP contribution in [0.1, 0.15) is 89.9 Å².